The molecule has 0 spiro atoms. The highest BCUT2D eigenvalue weighted by Crippen LogP contribution is 2.20. The fourth-order valence-electron chi connectivity index (χ4n) is 1.72. The molecule has 1 rings (SSSR count). The zero-order valence-electron chi connectivity index (χ0n) is 8.96. The second-order valence-corrected chi connectivity index (χ2v) is 3.93. The number of carbonyl (C=O) groups excluding carboxylic acids is 2. The summed E-state index contributed by atoms with van der Waals surface area (Å²) in [4.78, 5) is 24.2. The molecule has 0 aliphatic carbocycles. The maximum absolute atomic E-state index is 11.3. The highest BCUT2D eigenvalue weighted by Gasteiger charge is 2.41. The van der Waals surface area contributed by atoms with E-state index in [9.17, 15) is 9.59 Å². The van der Waals surface area contributed by atoms with Gasteiger partial charge in [0, 0.05) is 0 Å². The molecule has 1 saturated heterocycles. The maximum atomic E-state index is 11.3. The summed E-state index contributed by atoms with van der Waals surface area (Å²) in [6, 6.07) is -0.408. The number of rotatable bonds is 2. The number of hydrogen-bond donors (Lipinski definition) is 1. The predicted octanol–water partition coefficient (Wildman–Crippen LogP) is -0.284. The van der Waals surface area contributed by atoms with Crippen LogP contribution in [0.4, 0.5) is 0 Å². The molecule has 0 saturated carbocycles. The minimum atomic E-state index is -0.481. The summed E-state index contributed by atoms with van der Waals surface area (Å²) in [5.41, 5.74) is -0.481. The van der Waals surface area contributed by atoms with Crippen molar-refractivity contribution < 1.29 is 14.3 Å². The number of methoxy groups -OCH3 is 1. The van der Waals surface area contributed by atoms with Crippen molar-refractivity contribution in [2.75, 3.05) is 13.7 Å². The van der Waals surface area contributed by atoms with Gasteiger partial charge in [0.1, 0.15) is 6.04 Å². The summed E-state index contributed by atoms with van der Waals surface area (Å²) in [5, 5.41) is 2.78. The van der Waals surface area contributed by atoms with Gasteiger partial charge in [-0.1, -0.05) is 0 Å². The van der Waals surface area contributed by atoms with Gasteiger partial charge in [0.25, 0.3) is 0 Å². The van der Waals surface area contributed by atoms with Crippen LogP contribution in [-0.2, 0) is 14.3 Å². The third-order valence-corrected chi connectivity index (χ3v) is 2.49. The Bertz CT molecular complexity index is 263. The fraction of sp³-hybridized carbons (Fsp3) is 0.778. The van der Waals surface area contributed by atoms with E-state index in [1.54, 1.807) is 11.8 Å². The summed E-state index contributed by atoms with van der Waals surface area (Å²) in [5.74, 6) is -0.389. The Kier molecular flexibility index (Phi) is 2.80. The molecule has 1 heterocycles. The largest absolute Gasteiger partial charge is 0.468 e. The lowest BCUT2D eigenvalue weighted by molar-refractivity contribution is -0.147. The lowest BCUT2D eigenvalue weighted by Gasteiger charge is -2.33. The average molecular weight is 200 g/mol. The zero-order valence-corrected chi connectivity index (χ0v) is 8.96. The second-order valence-electron chi connectivity index (χ2n) is 3.93. The highest BCUT2D eigenvalue weighted by molar-refractivity contribution is 5.83. The Labute approximate surface area is 83.4 Å². The normalized spacial score (nSPS) is 23.0. The van der Waals surface area contributed by atoms with Crippen molar-refractivity contribution in [2.45, 2.75) is 32.5 Å². The first-order chi connectivity index (χ1) is 6.38. The van der Waals surface area contributed by atoms with Gasteiger partial charge in [0.15, 0.2) is 0 Å². The van der Waals surface area contributed by atoms with Crippen LogP contribution in [0.2, 0.25) is 0 Å². The van der Waals surface area contributed by atoms with E-state index in [0.29, 0.717) is 0 Å². The van der Waals surface area contributed by atoms with Gasteiger partial charge in [0.05, 0.1) is 19.3 Å². The van der Waals surface area contributed by atoms with E-state index in [4.69, 9.17) is 0 Å². The first-order valence-corrected chi connectivity index (χ1v) is 4.54. The Morgan fingerprint density at radius 1 is 1.64 bits per heavy atom. The monoisotopic (exact) mass is 200 g/mol. The van der Waals surface area contributed by atoms with Gasteiger partial charge in [-0.25, -0.2) is 0 Å². The van der Waals surface area contributed by atoms with Gasteiger partial charge in [-0.2, -0.15) is 0 Å². The van der Waals surface area contributed by atoms with Crippen LogP contribution < -0.4 is 5.32 Å². The molecule has 0 radical (unpaired) electrons. The molecule has 1 aliphatic rings. The van der Waals surface area contributed by atoms with Crippen molar-refractivity contribution in [2.24, 2.45) is 0 Å². The van der Waals surface area contributed by atoms with E-state index in [2.05, 4.69) is 10.1 Å². The van der Waals surface area contributed by atoms with Crippen molar-refractivity contribution in [1.82, 2.24) is 10.2 Å². The van der Waals surface area contributed by atoms with Crippen LogP contribution in [0.25, 0.3) is 0 Å². The molecule has 0 bridgehead atoms. The van der Waals surface area contributed by atoms with Crippen molar-refractivity contribution in [1.29, 1.82) is 0 Å². The SMILES string of the molecule is COC(=O)C(C)N1CC(=O)NC1(C)C. The summed E-state index contributed by atoms with van der Waals surface area (Å²) in [7, 11) is 1.34. The molecule has 1 aliphatic heterocycles. The Morgan fingerprint density at radius 2 is 2.21 bits per heavy atom. The molecular formula is C9H16N2O3. The molecule has 1 fully saturated rings. The third kappa shape index (κ3) is 1.87. The topological polar surface area (TPSA) is 58.6 Å². The number of esters is 1. The Morgan fingerprint density at radius 3 is 2.57 bits per heavy atom. The van der Waals surface area contributed by atoms with Gasteiger partial charge >= 0.3 is 5.97 Å². The molecule has 0 aromatic heterocycles. The molecule has 14 heavy (non-hydrogen) atoms. The molecule has 5 heteroatoms. The molecule has 80 valence electrons. The van der Waals surface area contributed by atoms with Crippen LogP contribution in [0, 0.1) is 0 Å². The van der Waals surface area contributed by atoms with Gasteiger partial charge in [-0.3, -0.25) is 14.5 Å². The van der Waals surface area contributed by atoms with Crippen molar-refractivity contribution >= 4 is 11.9 Å². The number of amides is 1. The molecule has 1 amide bonds. The van der Waals surface area contributed by atoms with Crippen LogP contribution in [0.5, 0.6) is 0 Å². The quantitative estimate of drug-likeness (QED) is 0.623. The molecule has 0 aromatic carbocycles. The molecule has 1 atom stereocenters. The van der Waals surface area contributed by atoms with E-state index >= 15 is 0 Å². The van der Waals surface area contributed by atoms with Gasteiger partial charge in [-0.15, -0.1) is 0 Å². The highest BCUT2D eigenvalue weighted by atomic mass is 16.5. The Hall–Kier alpha value is -1.10. The van der Waals surface area contributed by atoms with Crippen LogP contribution in [0.1, 0.15) is 20.8 Å². The van der Waals surface area contributed by atoms with E-state index in [0.717, 1.165) is 0 Å². The first-order valence-electron chi connectivity index (χ1n) is 4.54. The zero-order chi connectivity index (χ0) is 10.9. The molecular weight excluding hydrogens is 184 g/mol. The molecule has 1 N–H and O–H groups in total. The summed E-state index contributed by atoms with van der Waals surface area (Å²) >= 11 is 0. The smallest absolute Gasteiger partial charge is 0.322 e. The molecule has 1 unspecified atom stereocenters. The fourth-order valence-corrected chi connectivity index (χ4v) is 1.72. The summed E-state index contributed by atoms with van der Waals surface area (Å²) in [6.45, 7) is 5.69. The number of nitrogens with one attached hydrogen (secondary N) is 1. The van der Waals surface area contributed by atoms with Crippen LogP contribution >= 0.6 is 0 Å². The number of carbonyl (C=O) groups is 2. The number of hydrogen-bond acceptors (Lipinski definition) is 4. The minimum absolute atomic E-state index is 0.0641. The van der Waals surface area contributed by atoms with Gasteiger partial charge in [-0.05, 0) is 20.8 Å². The standard InChI is InChI=1S/C9H16N2O3/c1-6(8(13)14-4)11-5-7(12)10-9(11,2)3/h6H,5H2,1-4H3,(H,10,12). The molecule has 5 nitrogen and oxygen atoms in total. The lowest BCUT2D eigenvalue weighted by atomic mass is 10.1. The summed E-state index contributed by atoms with van der Waals surface area (Å²) < 4.78 is 4.63. The van der Waals surface area contributed by atoms with Crippen molar-refractivity contribution in [3.63, 3.8) is 0 Å². The summed E-state index contributed by atoms with van der Waals surface area (Å²) in [6.07, 6.45) is 0. The van der Waals surface area contributed by atoms with Crippen molar-refractivity contribution in [3.8, 4) is 0 Å². The minimum Gasteiger partial charge on any atom is -0.468 e. The molecule has 0 aromatic rings. The third-order valence-electron chi connectivity index (χ3n) is 2.49. The lowest BCUT2D eigenvalue weighted by Crippen LogP contribution is -2.52. The van der Waals surface area contributed by atoms with E-state index in [1.165, 1.54) is 7.11 Å². The van der Waals surface area contributed by atoms with Gasteiger partial charge in [0.2, 0.25) is 5.91 Å². The Balaban J connectivity index is 2.77. The van der Waals surface area contributed by atoms with Gasteiger partial charge < -0.3 is 10.1 Å². The van der Waals surface area contributed by atoms with E-state index in [-0.39, 0.29) is 18.4 Å². The van der Waals surface area contributed by atoms with Crippen LogP contribution in [0.15, 0.2) is 0 Å². The van der Waals surface area contributed by atoms with E-state index < -0.39 is 11.7 Å². The number of ether oxygens (including phenoxy) is 1. The number of nitrogens with zero attached hydrogens (tertiary/aromatic N) is 1. The van der Waals surface area contributed by atoms with Crippen LogP contribution in [0.3, 0.4) is 0 Å². The second kappa shape index (κ2) is 3.57. The van der Waals surface area contributed by atoms with Crippen LogP contribution in [-0.4, -0.2) is 42.1 Å². The maximum Gasteiger partial charge on any atom is 0.322 e. The van der Waals surface area contributed by atoms with E-state index in [1.807, 2.05) is 13.8 Å². The first kappa shape index (κ1) is 11.0. The predicted molar refractivity (Wildman–Crippen MR) is 50.4 cm³/mol. The van der Waals surface area contributed by atoms with Crippen molar-refractivity contribution in [3.05, 3.63) is 0 Å². The average Bonchev–Trinajstić information content (AvgIpc) is 2.36.